The highest BCUT2D eigenvalue weighted by atomic mass is 16.5. The van der Waals surface area contributed by atoms with Gasteiger partial charge in [-0.2, -0.15) is 0 Å². The Morgan fingerprint density at radius 3 is 2.86 bits per heavy atom. The average molecular weight is 193 g/mol. The number of benzene rings is 1. The molecule has 4 nitrogen and oxygen atoms in total. The molecule has 1 rings (SSSR count). The first kappa shape index (κ1) is 10.5. The molecule has 0 fully saturated rings. The molecule has 0 aromatic heterocycles. The summed E-state index contributed by atoms with van der Waals surface area (Å²) in [6, 6.07) is 5.94. The van der Waals surface area contributed by atoms with Crippen molar-refractivity contribution < 1.29 is 5.21 Å². The zero-order chi connectivity index (χ0) is 10.6. The summed E-state index contributed by atoms with van der Waals surface area (Å²) in [5, 5.41) is 8.54. The normalized spacial score (nSPS) is 11.5. The van der Waals surface area contributed by atoms with Crippen molar-refractivity contribution in [1.29, 1.82) is 0 Å². The fourth-order valence-corrected chi connectivity index (χ4v) is 1.31. The molecule has 0 unspecified atom stereocenters. The molecule has 4 N–H and O–H groups in total. The fraction of sp³-hybridized carbons (Fsp3) is 0.300. The predicted octanol–water partition coefficient (Wildman–Crippen LogP) is 1.48. The van der Waals surface area contributed by atoms with Gasteiger partial charge in [0.25, 0.3) is 0 Å². The summed E-state index contributed by atoms with van der Waals surface area (Å²) in [5.41, 5.74) is 10.2. The van der Waals surface area contributed by atoms with Crippen LogP contribution in [0.2, 0.25) is 0 Å². The predicted molar refractivity (Wildman–Crippen MR) is 56.8 cm³/mol. The van der Waals surface area contributed by atoms with Crippen LogP contribution < -0.4 is 11.2 Å². The van der Waals surface area contributed by atoms with Crippen molar-refractivity contribution in [2.75, 3.05) is 0 Å². The zero-order valence-corrected chi connectivity index (χ0v) is 8.41. The third-order valence-electron chi connectivity index (χ3n) is 2.05. The van der Waals surface area contributed by atoms with Crippen molar-refractivity contribution in [3.63, 3.8) is 0 Å². The van der Waals surface area contributed by atoms with Crippen LogP contribution in [0.4, 0.5) is 5.69 Å². The van der Waals surface area contributed by atoms with Crippen molar-refractivity contribution in [3.8, 4) is 0 Å². The lowest BCUT2D eigenvalue weighted by Crippen LogP contribution is -2.27. The maximum Gasteiger partial charge on any atom is 0.218 e. The van der Waals surface area contributed by atoms with Gasteiger partial charge in [0.05, 0.1) is 5.69 Å². The SMILES string of the molecule is CCc1cccc(C)c1N=C(N)NO. The minimum atomic E-state index is 0.00833. The average Bonchev–Trinajstić information content (AvgIpc) is 2.20. The van der Waals surface area contributed by atoms with Gasteiger partial charge in [0.2, 0.25) is 5.96 Å². The molecule has 1 aromatic carbocycles. The number of hydroxylamine groups is 1. The molecule has 0 atom stereocenters. The summed E-state index contributed by atoms with van der Waals surface area (Å²) >= 11 is 0. The standard InChI is InChI=1S/C10H15N3O/c1-3-8-6-4-5-7(2)9(8)12-10(11)13-14/h4-6,14H,3H2,1-2H3,(H3,11,12,13). The number of para-hydroxylation sites is 1. The number of aliphatic imine (C=N–C) groups is 1. The van der Waals surface area contributed by atoms with E-state index in [9.17, 15) is 0 Å². The van der Waals surface area contributed by atoms with Gasteiger partial charge in [-0.15, -0.1) is 0 Å². The zero-order valence-electron chi connectivity index (χ0n) is 8.41. The quantitative estimate of drug-likeness (QED) is 0.378. The summed E-state index contributed by atoms with van der Waals surface area (Å²) in [6.07, 6.45) is 0.888. The van der Waals surface area contributed by atoms with E-state index in [4.69, 9.17) is 10.9 Å². The molecular weight excluding hydrogens is 178 g/mol. The lowest BCUT2D eigenvalue weighted by Gasteiger charge is -2.07. The Morgan fingerprint density at radius 1 is 1.57 bits per heavy atom. The Kier molecular flexibility index (Phi) is 3.48. The van der Waals surface area contributed by atoms with Gasteiger partial charge >= 0.3 is 0 Å². The lowest BCUT2D eigenvalue weighted by molar-refractivity contribution is 0.233. The molecule has 0 aliphatic rings. The first-order valence-corrected chi connectivity index (χ1v) is 4.51. The summed E-state index contributed by atoms with van der Waals surface area (Å²) in [5.74, 6) is 0.00833. The van der Waals surface area contributed by atoms with Gasteiger partial charge in [-0.05, 0) is 24.5 Å². The second kappa shape index (κ2) is 4.62. The largest absolute Gasteiger partial charge is 0.368 e. The van der Waals surface area contributed by atoms with Crippen molar-refractivity contribution >= 4 is 11.6 Å². The monoisotopic (exact) mass is 193 g/mol. The van der Waals surface area contributed by atoms with Crippen LogP contribution in [0, 0.1) is 6.92 Å². The van der Waals surface area contributed by atoms with E-state index in [0.717, 1.165) is 23.2 Å². The molecule has 76 valence electrons. The van der Waals surface area contributed by atoms with E-state index in [0.29, 0.717) is 0 Å². The van der Waals surface area contributed by atoms with Crippen molar-refractivity contribution in [1.82, 2.24) is 5.48 Å². The van der Waals surface area contributed by atoms with Gasteiger partial charge in [0.1, 0.15) is 0 Å². The van der Waals surface area contributed by atoms with E-state index in [-0.39, 0.29) is 5.96 Å². The molecule has 0 aliphatic carbocycles. The van der Waals surface area contributed by atoms with Gasteiger partial charge in [-0.3, -0.25) is 5.21 Å². The lowest BCUT2D eigenvalue weighted by atomic mass is 10.1. The Labute approximate surface area is 83.4 Å². The second-order valence-electron chi connectivity index (χ2n) is 3.05. The van der Waals surface area contributed by atoms with Crippen LogP contribution in [-0.4, -0.2) is 11.2 Å². The molecule has 0 bridgehead atoms. The number of nitrogens with zero attached hydrogens (tertiary/aromatic N) is 1. The van der Waals surface area contributed by atoms with E-state index in [2.05, 4.69) is 11.9 Å². The molecule has 14 heavy (non-hydrogen) atoms. The summed E-state index contributed by atoms with van der Waals surface area (Å²) in [6.45, 7) is 4.01. The molecule has 4 heteroatoms. The molecule has 0 spiro atoms. The van der Waals surface area contributed by atoms with E-state index in [1.165, 1.54) is 0 Å². The highest BCUT2D eigenvalue weighted by Crippen LogP contribution is 2.23. The minimum absolute atomic E-state index is 0.00833. The Balaban J connectivity index is 3.17. The maximum absolute atomic E-state index is 8.54. The molecule has 0 amide bonds. The van der Waals surface area contributed by atoms with Crippen LogP contribution >= 0.6 is 0 Å². The number of hydrogen-bond acceptors (Lipinski definition) is 2. The van der Waals surface area contributed by atoms with Crippen LogP contribution in [0.5, 0.6) is 0 Å². The second-order valence-corrected chi connectivity index (χ2v) is 3.05. The smallest absolute Gasteiger partial charge is 0.218 e. The first-order chi connectivity index (χ1) is 6.69. The van der Waals surface area contributed by atoms with Crippen LogP contribution in [0.25, 0.3) is 0 Å². The highest BCUT2D eigenvalue weighted by Gasteiger charge is 2.02. The number of hydrogen-bond donors (Lipinski definition) is 3. The van der Waals surface area contributed by atoms with E-state index < -0.39 is 0 Å². The van der Waals surface area contributed by atoms with Crippen LogP contribution in [0.3, 0.4) is 0 Å². The van der Waals surface area contributed by atoms with Crippen molar-refractivity contribution in [3.05, 3.63) is 29.3 Å². The number of guanidine groups is 1. The van der Waals surface area contributed by atoms with Gasteiger partial charge in [-0.1, -0.05) is 25.1 Å². The van der Waals surface area contributed by atoms with Gasteiger partial charge in [0.15, 0.2) is 0 Å². The molecular formula is C10H15N3O. The molecule has 0 saturated carbocycles. The van der Waals surface area contributed by atoms with Gasteiger partial charge < -0.3 is 5.73 Å². The highest BCUT2D eigenvalue weighted by molar-refractivity contribution is 5.80. The third-order valence-corrected chi connectivity index (χ3v) is 2.05. The van der Waals surface area contributed by atoms with Crippen LogP contribution in [0.15, 0.2) is 23.2 Å². The van der Waals surface area contributed by atoms with Crippen LogP contribution in [-0.2, 0) is 6.42 Å². The van der Waals surface area contributed by atoms with Gasteiger partial charge in [0, 0.05) is 0 Å². The minimum Gasteiger partial charge on any atom is -0.368 e. The first-order valence-electron chi connectivity index (χ1n) is 4.51. The molecule has 0 radical (unpaired) electrons. The van der Waals surface area contributed by atoms with E-state index in [1.807, 2.05) is 30.6 Å². The molecule has 0 heterocycles. The molecule has 0 saturated heterocycles. The molecule has 0 aliphatic heterocycles. The Hall–Kier alpha value is -1.55. The Bertz CT molecular complexity index is 347. The maximum atomic E-state index is 8.54. The van der Waals surface area contributed by atoms with Crippen LogP contribution in [0.1, 0.15) is 18.1 Å². The molecule has 1 aromatic rings. The summed E-state index contributed by atoms with van der Waals surface area (Å²) in [4.78, 5) is 4.08. The number of nitrogens with one attached hydrogen (secondary N) is 1. The number of rotatable bonds is 2. The summed E-state index contributed by atoms with van der Waals surface area (Å²) in [7, 11) is 0. The summed E-state index contributed by atoms with van der Waals surface area (Å²) < 4.78 is 0. The number of aryl methyl sites for hydroxylation is 2. The van der Waals surface area contributed by atoms with Crippen molar-refractivity contribution in [2.45, 2.75) is 20.3 Å². The van der Waals surface area contributed by atoms with E-state index >= 15 is 0 Å². The van der Waals surface area contributed by atoms with Crippen molar-refractivity contribution in [2.24, 2.45) is 10.7 Å². The fourth-order valence-electron chi connectivity index (χ4n) is 1.31. The van der Waals surface area contributed by atoms with E-state index in [1.54, 1.807) is 0 Å². The number of nitrogens with two attached hydrogens (primary N) is 1. The Morgan fingerprint density at radius 2 is 2.29 bits per heavy atom. The topological polar surface area (TPSA) is 70.6 Å². The van der Waals surface area contributed by atoms with Gasteiger partial charge in [-0.25, -0.2) is 10.5 Å². The third kappa shape index (κ3) is 2.23.